The molecule has 0 bridgehead atoms. The van der Waals surface area contributed by atoms with Crippen LogP contribution in [0.3, 0.4) is 0 Å². The minimum absolute atomic E-state index is 0.0209. The summed E-state index contributed by atoms with van der Waals surface area (Å²) in [6.07, 6.45) is 2.18. The fourth-order valence-electron chi connectivity index (χ4n) is 5.61. The zero-order valence-corrected chi connectivity index (χ0v) is 25.1. The molecule has 2 aromatic carbocycles. The topological polar surface area (TPSA) is 79.7 Å². The van der Waals surface area contributed by atoms with Gasteiger partial charge in [0.1, 0.15) is 29.7 Å². The molecule has 0 radical (unpaired) electrons. The highest BCUT2D eigenvalue weighted by Gasteiger charge is 2.49. The number of aliphatic hydroxyl groups is 1. The molecule has 7 nitrogen and oxygen atoms in total. The number of rotatable bonds is 10. The number of methoxy groups -OCH3 is 1. The molecule has 0 spiro atoms. The molecule has 1 fully saturated rings. The number of nitrogens with zero attached hydrogens (tertiary/aromatic N) is 3. The lowest BCUT2D eigenvalue weighted by atomic mass is 9.91. The molecule has 0 aliphatic carbocycles. The Morgan fingerprint density at radius 3 is 2.51 bits per heavy atom. The molecular weight excluding hydrogens is 533 g/mol. The Morgan fingerprint density at radius 2 is 1.88 bits per heavy atom. The first kappa shape index (κ1) is 30.8. The molecule has 1 saturated heterocycles. The highest BCUT2D eigenvalue weighted by molar-refractivity contribution is 5.94. The van der Waals surface area contributed by atoms with Crippen LogP contribution in [-0.4, -0.2) is 57.9 Å². The lowest BCUT2D eigenvalue weighted by Gasteiger charge is -2.30. The Labute approximate surface area is 240 Å². The molecule has 2 N–H and O–H groups in total. The number of ether oxygens (including phenoxy) is 2. The normalized spacial score (nSPS) is 17.3. The first-order valence-corrected chi connectivity index (χ1v) is 14.1. The van der Waals surface area contributed by atoms with Crippen LogP contribution >= 0.6 is 0 Å². The third-order valence-electron chi connectivity index (χ3n) is 7.93. The van der Waals surface area contributed by atoms with Crippen molar-refractivity contribution in [1.29, 1.82) is 0 Å². The Kier molecular flexibility index (Phi) is 8.76. The van der Waals surface area contributed by atoms with Crippen LogP contribution in [0.15, 0.2) is 24.3 Å². The molecular formula is C31H41F3N4O3. The first-order chi connectivity index (χ1) is 19.2. The van der Waals surface area contributed by atoms with Gasteiger partial charge in [0.25, 0.3) is 0 Å². The SMILES string of the molecule is COc1c(OC[C@@H]2CCCN2C(C)C)cc2c(N[C@H](C)c3cccc(C(F)(F)C(C)(C)O)c3F)nc(C)nc2c1C. The number of anilines is 1. The molecule has 2 atom stereocenters. The van der Waals surface area contributed by atoms with E-state index in [1.54, 1.807) is 21.0 Å². The third kappa shape index (κ3) is 5.95. The Hall–Kier alpha value is -3.11. The van der Waals surface area contributed by atoms with Crippen LogP contribution in [0.1, 0.15) is 76.0 Å². The van der Waals surface area contributed by atoms with Crippen molar-refractivity contribution >= 4 is 16.7 Å². The van der Waals surface area contributed by atoms with Gasteiger partial charge in [-0.15, -0.1) is 0 Å². The summed E-state index contributed by atoms with van der Waals surface area (Å²) in [5, 5.41) is 13.9. The molecule has 0 unspecified atom stereocenters. The maximum Gasteiger partial charge on any atom is 0.303 e. The van der Waals surface area contributed by atoms with E-state index in [2.05, 4.69) is 34.0 Å². The van der Waals surface area contributed by atoms with Crippen LogP contribution in [0.25, 0.3) is 10.9 Å². The van der Waals surface area contributed by atoms with E-state index in [1.165, 1.54) is 12.1 Å². The molecule has 224 valence electrons. The van der Waals surface area contributed by atoms with E-state index in [4.69, 9.17) is 9.47 Å². The van der Waals surface area contributed by atoms with Gasteiger partial charge in [-0.3, -0.25) is 4.90 Å². The number of fused-ring (bicyclic) bond motifs is 1. The van der Waals surface area contributed by atoms with Crippen molar-refractivity contribution in [3.8, 4) is 11.5 Å². The van der Waals surface area contributed by atoms with E-state index in [1.807, 2.05) is 13.0 Å². The Bertz CT molecular complexity index is 1410. The highest BCUT2D eigenvalue weighted by atomic mass is 19.3. The second-order valence-electron chi connectivity index (χ2n) is 11.7. The van der Waals surface area contributed by atoms with Crippen molar-refractivity contribution in [2.24, 2.45) is 0 Å². The summed E-state index contributed by atoms with van der Waals surface area (Å²) >= 11 is 0. The summed E-state index contributed by atoms with van der Waals surface area (Å²) in [5.74, 6) is -2.85. The van der Waals surface area contributed by atoms with E-state index in [-0.39, 0.29) is 5.56 Å². The standard InChI is InChI=1S/C31H41F3N4O3/c1-17(2)38-14-10-11-21(38)16-41-25-15-23-27(18(3)28(25)40-8)36-20(5)37-29(23)35-19(4)22-12-9-13-24(26(22)32)31(33,34)30(6,7)39/h9,12-13,15,17,19,21,39H,10-11,14,16H2,1-8H3,(H,35,36,37)/t19-,21+/m1/s1. The van der Waals surface area contributed by atoms with Gasteiger partial charge in [0, 0.05) is 28.6 Å². The van der Waals surface area contributed by atoms with Crippen LogP contribution in [0.2, 0.25) is 0 Å². The average molecular weight is 575 g/mol. The van der Waals surface area contributed by atoms with Gasteiger partial charge >= 0.3 is 5.92 Å². The largest absolute Gasteiger partial charge is 0.493 e. The van der Waals surface area contributed by atoms with Crippen molar-refractivity contribution in [2.45, 2.75) is 91.0 Å². The second-order valence-corrected chi connectivity index (χ2v) is 11.7. The van der Waals surface area contributed by atoms with E-state index >= 15 is 4.39 Å². The molecule has 41 heavy (non-hydrogen) atoms. The van der Waals surface area contributed by atoms with Crippen molar-refractivity contribution in [3.05, 3.63) is 52.6 Å². The van der Waals surface area contributed by atoms with E-state index in [9.17, 15) is 13.9 Å². The molecule has 1 aromatic heterocycles. The summed E-state index contributed by atoms with van der Waals surface area (Å²) in [6.45, 7) is 13.1. The number of aryl methyl sites for hydroxylation is 2. The van der Waals surface area contributed by atoms with Crippen LogP contribution < -0.4 is 14.8 Å². The van der Waals surface area contributed by atoms with Crippen molar-refractivity contribution in [1.82, 2.24) is 14.9 Å². The Balaban J connectivity index is 1.72. The Morgan fingerprint density at radius 1 is 1.17 bits per heavy atom. The predicted octanol–water partition coefficient (Wildman–Crippen LogP) is 6.68. The molecule has 1 aliphatic rings. The number of hydrogen-bond acceptors (Lipinski definition) is 7. The minimum atomic E-state index is -3.80. The van der Waals surface area contributed by atoms with Gasteiger partial charge in [-0.25, -0.2) is 14.4 Å². The monoisotopic (exact) mass is 574 g/mol. The van der Waals surface area contributed by atoms with E-state index in [0.717, 1.165) is 44.9 Å². The van der Waals surface area contributed by atoms with Gasteiger partial charge in [0.05, 0.1) is 24.2 Å². The molecule has 0 saturated carbocycles. The van der Waals surface area contributed by atoms with E-state index < -0.39 is 28.9 Å². The van der Waals surface area contributed by atoms with Crippen molar-refractivity contribution in [2.75, 3.05) is 25.6 Å². The van der Waals surface area contributed by atoms with Gasteiger partial charge < -0.3 is 19.9 Å². The second kappa shape index (κ2) is 11.6. The molecule has 3 aromatic rings. The van der Waals surface area contributed by atoms with Gasteiger partial charge in [-0.1, -0.05) is 12.1 Å². The van der Waals surface area contributed by atoms with Crippen LogP contribution in [0.5, 0.6) is 11.5 Å². The fraction of sp³-hybridized carbons (Fsp3) is 0.548. The number of hydrogen-bond donors (Lipinski definition) is 2. The zero-order valence-electron chi connectivity index (χ0n) is 25.1. The zero-order chi connectivity index (χ0) is 30.3. The number of halogens is 3. The molecule has 10 heteroatoms. The van der Waals surface area contributed by atoms with Crippen LogP contribution in [0.4, 0.5) is 19.0 Å². The molecule has 2 heterocycles. The fourth-order valence-corrected chi connectivity index (χ4v) is 5.61. The van der Waals surface area contributed by atoms with Gasteiger partial charge in [0.2, 0.25) is 0 Å². The minimum Gasteiger partial charge on any atom is -0.493 e. The number of benzene rings is 2. The molecule has 1 aliphatic heterocycles. The van der Waals surface area contributed by atoms with Crippen molar-refractivity contribution in [3.63, 3.8) is 0 Å². The summed E-state index contributed by atoms with van der Waals surface area (Å²) in [5.41, 5.74) is -1.87. The molecule has 4 rings (SSSR count). The summed E-state index contributed by atoms with van der Waals surface area (Å²) in [7, 11) is 1.59. The van der Waals surface area contributed by atoms with Crippen molar-refractivity contribution < 1.29 is 27.8 Å². The molecule has 0 amide bonds. The average Bonchev–Trinajstić information content (AvgIpc) is 3.36. The summed E-state index contributed by atoms with van der Waals surface area (Å²) in [4.78, 5) is 11.6. The number of nitrogens with one attached hydrogen (secondary N) is 1. The highest BCUT2D eigenvalue weighted by Crippen LogP contribution is 2.42. The van der Waals surface area contributed by atoms with Gasteiger partial charge in [-0.2, -0.15) is 8.78 Å². The lowest BCUT2D eigenvalue weighted by molar-refractivity contribution is -0.170. The first-order valence-electron chi connectivity index (χ1n) is 14.1. The van der Waals surface area contributed by atoms with Gasteiger partial charge in [0.15, 0.2) is 11.5 Å². The van der Waals surface area contributed by atoms with E-state index in [0.29, 0.717) is 52.7 Å². The van der Waals surface area contributed by atoms with Crippen LogP contribution in [-0.2, 0) is 5.92 Å². The maximum absolute atomic E-state index is 15.5. The van der Waals surface area contributed by atoms with Gasteiger partial charge in [-0.05, 0) is 80.0 Å². The maximum atomic E-state index is 15.5. The summed E-state index contributed by atoms with van der Waals surface area (Å²) in [6, 6.07) is 5.59. The number of likely N-dealkylation sites (tertiary alicyclic amines) is 1. The summed E-state index contributed by atoms with van der Waals surface area (Å²) < 4.78 is 57.4. The predicted molar refractivity (Wildman–Crippen MR) is 155 cm³/mol. The number of aromatic nitrogens is 2. The third-order valence-corrected chi connectivity index (χ3v) is 7.93. The lowest BCUT2D eigenvalue weighted by Crippen LogP contribution is -2.41. The van der Waals surface area contributed by atoms with Crippen LogP contribution in [0, 0.1) is 19.7 Å². The quantitative estimate of drug-likeness (QED) is 0.280. The smallest absolute Gasteiger partial charge is 0.303 e. The number of alkyl halides is 2.